The minimum absolute atomic E-state index is 0.0545. The number of benzene rings is 3. The van der Waals surface area contributed by atoms with E-state index < -0.39 is 6.04 Å². The van der Waals surface area contributed by atoms with Crippen LogP contribution in [0.1, 0.15) is 42.4 Å². The van der Waals surface area contributed by atoms with E-state index >= 15 is 0 Å². The number of hydrogen-bond donors (Lipinski definition) is 1. The molecule has 0 saturated carbocycles. The number of carbonyl (C=O) groups is 2. The van der Waals surface area contributed by atoms with Crippen LogP contribution in [0, 0.1) is 12.7 Å². The van der Waals surface area contributed by atoms with Crippen molar-refractivity contribution in [3.05, 3.63) is 95.6 Å². The zero-order valence-electron chi connectivity index (χ0n) is 19.0. The molecule has 0 fully saturated rings. The number of nitrogens with one attached hydrogen (secondary N) is 1. The maximum atomic E-state index is 13.8. The highest BCUT2D eigenvalue weighted by atomic mass is 19.1. The average Bonchev–Trinajstić information content (AvgIpc) is 3.22. The van der Waals surface area contributed by atoms with Crippen LogP contribution in [0.5, 0.6) is 0 Å². The molecular weight excluding hydrogens is 431 g/mol. The minimum Gasteiger partial charge on any atom is -0.327 e. The standard InChI is InChI=1S/C27H25FN4O2/c1-17-14-20(28)12-13-21(17)29-25(33)15-24-27(34)31(16-19-8-4-3-5-9-19)18(2)26-30-22-10-6-7-11-23(22)32(24)26/h3-14,18,24H,15-16H2,1-2H3,(H,29,33)/t18-,24-/m1/s1. The van der Waals surface area contributed by atoms with Gasteiger partial charge in [-0.2, -0.15) is 0 Å². The number of amides is 2. The molecule has 0 unspecified atom stereocenters. The number of rotatable bonds is 5. The van der Waals surface area contributed by atoms with Gasteiger partial charge in [-0.25, -0.2) is 9.37 Å². The Labute approximate surface area is 197 Å². The van der Waals surface area contributed by atoms with Crippen molar-refractivity contribution in [2.45, 2.75) is 38.9 Å². The highest BCUT2D eigenvalue weighted by Gasteiger charge is 2.40. The van der Waals surface area contributed by atoms with Gasteiger partial charge >= 0.3 is 0 Å². The summed E-state index contributed by atoms with van der Waals surface area (Å²) in [4.78, 5) is 33.5. The third-order valence-electron chi connectivity index (χ3n) is 6.38. The molecule has 34 heavy (non-hydrogen) atoms. The number of aromatic nitrogens is 2. The van der Waals surface area contributed by atoms with Crippen LogP contribution in [0.15, 0.2) is 72.8 Å². The van der Waals surface area contributed by atoms with E-state index in [9.17, 15) is 14.0 Å². The summed E-state index contributed by atoms with van der Waals surface area (Å²) in [7, 11) is 0. The lowest BCUT2D eigenvalue weighted by atomic mass is 10.0. The van der Waals surface area contributed by atoms with Gasteiger partial charge in [-0.05, 0) is 55.3 Å². The number of hydrogen-bond acceptors (Lipinski definition) is 3. The molecule has 3 aromatic carbocycles. The largest absolute Gasteiger partial charge is 0.327 e. The molecule has 0 bridgehead atoms. The Bertz CT molecular complexity index is 1380. The van der Waals surface area contributed by atoms with E-state index in [-0.39, 0.29) is 30.1 Å². The second-order valence-electron chi connectivity index (χ2n) is 8.68. The maximum absolute atomic E-state index is 13.8. The fourth-order valence-corrected chi connectivity index (χ4v) is 4.64. The molecule has 1 aliphatic rings. The van der Waals surface area contributed by atoms with Crippen molar-refractivity contribution in [2.75, 3.05) is 5.32 Å². The van der Waals surface area contributed by atoms with Crippen LogP contribution in [-0.2, 0) is 16.1 Å². The Morgan fingerprint density at radius 2 is 1.79 bits per heavy atom. The monoisotopic (exact) mass is 456 g/mol. The van der Waals surface area contributed by atoms with Crippen molar-refractivity contribution in [2.24, 2.45) is 0 Å². The van der Waals surface area contributed by atoms with E-state index in [2.05, 4.69) is 5.32 Å². The molecule has 2 atom stereocenters. The average molecular weight is 457 g/mol. The highest BCUT2D eigenvalue weighted by molar-refractivity contribution is 5.96. The molecule has 0 aliphatic carbocycles. The van der Waals surface area contributed by atoms with Crippen LogP contribution in [-0.4, -0.2) is 26.3 Å². The maximum Gasteiger partial charge on any atom is 0.247 e. The molecule has 6 nitrogen and oxygen atoms in total. The molecule has 1 N–H and O–H groups in total. The van der Waals surface area contributed by atoms with E-state index in [0.717, 1.165) is 22.4 Å². The topological polar surface area (TPSA) is 67.2 Å². The molecule has 2 amide bonds. The zero-order chi connectivity index (χ0) is 23.8. The number of nitrogens with zero attached hydrogens (tertiary/aromatic N) is 3. The Kier molecular flexibility index (Phi) is 5.61. The van der Waals surface area contributed by atoms with Crippen LogP contribution < -0.4 is 5.32 Å². The lowest BCUT2D eigenvalue weighted by Crippen LogP contribution is -2.45. The van der Waals surface area contributed by atoms with Crippen molar-refractivity contribution in [3.63, 3.8) is 0 Å². The molecule has 1 aliphatic heterocycles. The number of imidazole rings is 1. The normalized spacial score (nSPS) is 17.6. The summed E-state index contributed by atoms with van der Waals surface area (Å²) < 4.78 is 15.4. The number of aryl methyl sites for hydroxylation is 1. The first-order valence-corrected chi connectivity index (χ1v) is 11.3. The van der Waals surface area contributed by atoms with Gasteiger partial charge in [0.15, 0.2) is 0 Å². The second-order valence-corrected chi connectivity index (χ2v) is 8.68. The van der Waals surface area contributed by atoms with Gasteiger partial charge in [-0.1, -0.05) is 42.5 Å². The first kappa shape index (κ1) is 21.8. The molecule has 0 radical (unpaired) electrons. The third kappa shape index (κ3) is 3.94. The van der Waals surface area contributed by atoms with Crippen molar-refractivity contribution in [3.8, 4) is 0 Å². The van der Waals surface area contributed by atoms with Gasteiger partial charge in [0.25, 0.3) is 0 Å². The van der Waals surface area contributed by atoms with Gasteiger partial charge in [0, 0.05) is 12.2 Å². The quantitative estimate of drug-likeness (QED) is 0.451. The summed E-state index contributed by atoms with van der Waals surface area (Å²) in [5.41, 5.74) is 3.78. The van der Waals surface area contributed by atoms with Crippen LogP contribution in [0.2, 0.25) is 0 Å². The van der Waals surface area contributed by atoms with E-state index in [0.29, 0.717) is 17.8 Å². The van der Waals surface area contributed by atoms with Crippen molar-refractivity contribution in [1.82, 2.24) is 14.5 Å². The number of halogens is 1. The predicted molar refractivity (Wildman–Crippen MR) is 129 cm³/mol. The highest BCUT2D eigenvalue weighted by Crippen LogP contribution is 2.37. The lowest BCUT2D eigenvalue weighted by Gasteiger charge is -2.38. The lowest BCUT2D eigenvalue weighted by molar-refractivity contribution is -0.142. The number of fused-ring (bicyclic) bond motifs is 3. The summed E-state index contributed by atoms with van der Waals surface area (Å²) in [6.45, 7) is 4.13. The Balaban J connectivity index is 1.51. The van der Waals surface area contributed by atoms with E-state index in [1.807, 2.05) is 66.1 Å². The summed E-state index contributed by atoms with van der Waals surface area (Å²) in [5, 5.41) is 2.84. The van der Waals surface area contributed by atoms with Gasteiger partial charge < -0.3 is 14.8 Å². The Hall–Kier alpha value is -4.00. The Morgan fingerprint density at radius 1 is 1.06 bits per heavy atom. The molecule has 0 saturated heterocycles. The van der Waals surface area contributed by atoms with E-state index in [1.54, 1.807) is 11.8 Å². The van der Waals surface area contributed by atoms with Gasteiger partial charge in [0.05, 0.1) is 23.5 Å². The fourth-order valence-electron chi connectivity index (χ4n) is 4.64. The smallest absolute Gasteiger partial charge is 0.247 e. The molecule has 0 spiro atoms. The van der Waals surface area contributed by atoms with Crippen molar-refractivity contribution < 1.29 is 14.0 Å². The second kappa shape index (κ2) is 8.74. The molecule has 5 rings (SSSR count). The van der Waals surface area contributed by atoms with Crippen LogP contribution in [0.4, 0.5) is 10.1 Å². The molecule has 4 aromatic rings. The summed E-state index contributed by atoms with van der Waals surface area (Å²) in [6.07, 6.45) is -0.0545. The van der Waals surface area contributed by atoms with E-state index in [1.165, 1.54) is 18.2 Å². The zero-order valence-corrected chi connectivity index (χ0v) is 19.0. The molecular formula is C27H25FN4O2. The number of carbonyl (C=O) groups excluding carboxylic acids is 2. The molecule has 2 heterocycles. The van der Waals surface area contributed by atoms with Crippen molar-refractivity contribution >= 4 is 28.5 Å². The van der Waals surface area contributed by atoms with Crippen LogP contribution >= 0.6 is 0 Å². The molecule has 172 valence electrons. The van der Waals surface area contributed by atoms with Gasteiger partial charge in [-0.15, -0.1) is 0 Å². The van der Waals surface area contributed by atoms with Gasteiger partial charge in [0.1, 0.15) is 17.7 Å². The summed E-state index contributed by atoms with van der Waals surface area (Å²) >= 11 is 0. The predicted octanol–water partition coefficient (Wildman–Crippen LogP) is 5.16. The van der Waals surface area contributed by atoms with Gasteiger partial charge in [-0.3, -0.25) is 9.59 Å². The van der Waals surface area contributed by atoms with Crippen LogP contribution in [0.25, 0.3) is 11.0 Å². The molecule has 1 aromatic heterocycles. The number of anilines is 1. The third-order valence-corrected chi connectivity index (χ3v) is 6.38. The first-order valence-electron chi connectivity index (χ1n) is 11.3. The summed E-state index contributed by atoms with van der Waals surface area (Å²) in [6, 6.07) is 20.7. The van der Waals surface area contributed by atoms with E-state index in [4.69, 9.17) is 4.98 Å². The van der Waals surface area contributed by atoms with Gasteiger partial charge in [0.2, 0.25) is 11.8 Å². The fraction of sp³-hybridized carbons (Fsp3) is 0.222. The minimum atomic E-state index is -0.733. The van der Waals surface area contributed by atoms with Crippen molar-refractivity contribution in [1.29, 1.82) is 0 Å². The molecule has 7 heteroatoms. The Morgan fingerprint density at radius 3 is 2.56 bits per heavy atom. The first-order chi connectivity index (χ1) is 16.4. The summed E-state index contributed by atoms with van der Waals surface area (Å²) in [5.74, 6) is -0.0468. The SMILES string of the molecule is Cc1cc(F)ccc1NC(=O)C[C@@H]1C(=O)N(Cc2ccccc2)[C@H](C)c2nc3ccccc3n21. The van der Waals surface area contributed by atoms with Crippen LogP contribution in [0.3, 0.4) is 0 Å². The number of para-hydroxylation sites is 2.